The van der Waals surface area contributed by atoms with Gasteiger partial charge in [-0.3, -0.25) is 14.3 Å². The maximum absolute atomic E-state index is 12.4. The molecule has 7 heteroatoms. The molecule has 0 aliphatic heterocycles. The van der Waals surface area contributed by atoms with Crippen molar-refractivity contribution in [1.29, 1.82) is 0 Å². The molecule has 0 atom stereocenters. The fourth-order valence-corrected chi connectivity index (χ4v) is 4.07. The summed E-state index contributed by atoms with van der Waals surface area (Å²) < 4.78 is 3.39. The van der Waals surface area contributed by atoms with Crippen molar-refractivity contribution in [2.24, 2.45) is 7.05 Å². The van der Waals surface area contributed by atoms with Crippen LogP contribution in [0.5, 0.6) is 0 Å². The van der Waals surface area contributed by atoms with E-state index in [1.165, 1.54) is 0 Å². The molecule has 2 aliphatic rings. The summed E-state index contributed by atoms with van der Waals surface area (Å²) in [5.74, 6) is -0.120. The molecule has 1 fully saturated rings. The van der Waals surface area contributed by atoms with E-state index in [1.54, 1.807) is 21.5 Å². The normalized spacial score (nSPS) is 22.2. The molecule has 0 saturated heterocycles. The lowest BCUT2D eigenvalue weighted by atomic mass is 9.91. The van der Waals surface area contributed by atoms with E-state index in [0.29, 0.717) is 5.69 Å². The Morgan fingerprint density at radius 1 is 1.15 bits per heavy atom. The van der Waals surface area contributed by atoms with Crippen LogP contribution in [0.3, 0.4) is 0 Å². The van der Waals surface area contributed by atoms with Crippen molar-refractivity contribution in [2.45, 2.75) is 64.0 Å². The van der Waals surface area contributed by atoms with E-state index < -0.39 is 0 Å². The van der Waals surface area contributed by atoms with Crippen LogP contribution in [0.15, 0.2) is 16.9 Å². The minimum absolute atomic E-state index is 0.0158. The van der Waals surface area contributed by atoms with Crippen molar-refractivity contribution >= 4 is 5.91 Å². The van der Waals surface area contributed by atoms with Gasteiger partial charge < -0.3 is 5.32 Å². The predicted octanol–water partition coefficient (Wildman–Crippen LogP) is 1.69. The van der Waals surface area contributed by atoms with Gasteiger partial charge in [-0.15, -0.1) is 0 Å². The summed E-state index contributed by atoms with van der Waals surface area (Å²) in [7, 11) is 1.83. The summed E-state index contributed by atoms with van der Waals surface area (Å²) in [6, 6.07) is 3.84. The highest BCUT2D eigenvalue weighted by Crippen LogP contribution is 2.28. The molecule has 0 unspecified atom stereocenters. The maximum atomic E-state index is 12.4. The molecule has 1 amide bonds. The minimum Gasteiger partial charge on any atom is -0.348 e. The van der Waals surface area contributed by atoms with Gasteiger partial charge in [0, 0.05) is 24.8 Å². The third-order valence-corrected chi connectivity index (χ3v) is 5.71. The fraction of sp³-hybridized carbons (Fsp3) is 0.579. The molecule has 1 N–H and O–H groups in total. The molecule has 2 heterocycles. The monoisotopic (exact) mass is 355 g/mol. The lowest BCUT2D eigenvalue weighted by molar-refractivity contribution is 0.0915. The van der Waals surface area contributed by atoms with Crippen molar-refractivity contribution in [1.82, 2.24) is 24.9 Å². The minimum atomic E-state index is -0.120. The van der Waals surface area contributed by atoms with Gasteiger partial charge in [0.25, 0.3) is 11.5 Å². The molecule has 7 nitrogen and oxygen atoms in total. The first-order valence-corrected chi connectivity index (χ1v) is 9.44. The highest BCUT2D eigenvalue weighted by molar-refractivity contribution is 5.92. The van der Waals surface area contributed by atoms with E-state index in [4.69, 9.17) is 0 Å². The topological polar surface area (TPSA) is 81.8 Å². The lowest BCUT2D eigenvalue weighted by Gasteiger charge is -2.29. The number of carbonyl (C=O) groups is 1. The summed E-state index contributed by atoms with van der Waals surface area (Å²) in [6.07, 6.45) is 6.48. The Morgan fingerprint density at radius 3 is 2.62 bits per heavy atom. The van der Waals surface area contributed by atoms with Crippen molar-refractivity contribution in [3.8, 4) is 0 Å². The number of hydrogen-bond donors (Lipinski definition) is 1. The Bertz CT molecular complexity index is 870. The Kier molecular flexibility index (Phi) is 4.38. The standard InChI is InChI=1S/C19H25N5O2/c1-12-10-17(21-23(12)2)19(26)20-14-6-8-15(9-7-14)24-18(25)11-13-4-3-5-16(13)22-24/h10-11,14-15H,3-9H2,1-2H3,(H,20,26). The molecule has 0 spiro atoms. The average molecular weight is 355 g/mol. The zero-order valence-corrected chi connectivity index (χ0v) is 15.4. The number of nitrogens with zero attached hydrogens (tertiary/aromatic N) is 4. The summed E-state index contributed by atoms with van der Waals surface area (Å²) in [4.78, 5) is 24.7. The van der Waals surface area contributed by atoms with Gasteiger partial charge in [0.05, 0.1) is 11.7 Å². The quantitative estimate of drug-likeness (QED) is 0.908. The molecule has 2 aromatic heterocycles. The first-order valence-electron chi connectivity index (χ1n) is 9.44. The molecule has 2 aliphatic carbocycles. The van der Waals surface area contributed by atoms with Crippen molar-refractivity contribution in [2.75, 3.05) is 0 Å². The summed E-state index contributed by atoms with van der Waals surface area (Å²) in [6.45, 7) is 1.93. The van der Waals surface area contributed by atoms with Crippen LogP contribution >= 0.6 is 0 Å². The second-order valence-corrected chi connectivity index (χ2v) is 7.53. The molecule has 26 heavy (non-hydrogen) atoms. The third kappa shape index (κ3) is 3.18. The first kappa shape index (κ1) is 17.0. The van der Waals surface area contributed by atoms with E-state index in [9.17, 15) is 9.59 Å². The molecule has 0 aromatic carbocycles. The number of amides is 1. The van der Waals surface area contributed by atoms with Crippen LogP contribution < -0.4 is 10.9 Å². The Morgan fingerprint density at radius 2 is 1.92 bits per heavy atom. The van der Waals surface area contributed by atoms with Gasteiger partial charge >= 0.3 is 0 Å². The maximum Gasteiger partial charge on any atom is 0.272 e. The number of rotatable bonds is 3. The predicted molar refractivity (Wildman–Crippen MR) is 97.2 cm³/mol. The van der Waals surface area contributed by atoms with Crippen molar-refractivity contribution < 1.29 is 4.79 Å². The largest absolute Gasteiger partial charge is 0.348 e. The van der Waals surface area contributed by atoms with E-state index in [2.05, 4.69) is 15.5 Å². The van der Waals surface area contributed by atoms with Crippen LogP contribution in [0, 0.1) is 6.92 Å². The molecular formula is C19H25N5O2. The highest BCUT2D eigenvalue weighted by Gasteiger charge is 2.27. The van der Waals surface area contributed by atoms with E-state index in [-0.39, 0.29) is 23.6 Å². The van der Waals surface area contributed by atoms with Crippen LogP contribution in [0.1, 0.15) is 65.6 Å². The van der Waals surface area contributed by atoms with Gasteiger partial charge in [-0.05, 0) is 63.5 Å². The van der Waals surface area contributed by atoms with Gasteiger partial charge in [0.2, 0.25) is 0 Å². The number of carbonyl (C=O) groups excluding carboxylic acids is 1. The molecular weight excluding hydrogens is 330 g/mol. The van der Waals surface area contributed by atoms with E-state index in [0.717, 1.165) is 61.9 Å². The molecule has 1 saturated carbocycles. The SMILES string of the molecule is Cc1cc(C(=O)NC2CCC(n3nc4c(cc3=O)CCC4)CC2)nn1C. The van der Waals surface area contributed by atoms with Crippen LogP contribution in [0.4, 0.5) is 0 Å². The van der Waals surface area contributed by atoms with Gasteiger partial charge in [-0.25, -0.2) is 4.68 Å². The molecule has 2 aromatic rings. The van der Waals surface area contributed by atoms with Gasteiger partial charge in [-0.1, -0.05) is 0 Å². The van der Waals surface area contributed by atoms with Crippen LogP contribution in [0.2, 0.25) is 0 Å². The van der Waals surface area contributed by atoms with E-state index in [1.807, 2.05) is 14.0 Å². The lowest BCUT2D eigenvalue weighted by Crippen LogP contribution is -2.40. The molecule has 0 bridgehead atoms. The Labute approximate surface area is 152 Å². The number of aromatic nitrogens is 4. The number of aryl methyl sites for hydroxylation is 4. The van der Waals surface area contributed by atoms with Crippen LogP contribution in [0.25, 0.3) is 0 Å². The summed E-state index contributed by atoms with van der Waals surface area (Å²) in [5, 5.41) is 11.9. The number of nitrogens with one attached hydrogen (secondary N) is 1. The molecule has 0 radical (unpaired) electrons. The summed E-state index contributed by atoms with van der Waals surface area (Å²) in [5.41, 5.74) is 3.65. The zero-order valence-electron chi connectivity index (χ0n) is 15.4. The van der Waals surface area contributed by atoms with Crippen molar-refractivity contribution in [3.05, 3.63) is 45.1 Å². The Balaban J connectivity index is 1.38. The first-order chi connectivity index (χ1) is 12.5. The molecule has 4 rings (SSSR count). The third-order valence-electron chi connectivity index (χ3n) is 5.71. The average Bonchev–Trinajstić information content (AvgIpc) is 3.21. The molecule has 138 valence electrons. The number of hydrogen-bond acceptors (Lipinski definition) is 4. The van der Waals surface area contributed by atoms with Crippen molar-refractivity contribution in [3.63, 3.8) is 0 Å². The smallest absolute Gasteiger partial charge is 0.272 e. The van der Waals surface area contributed by atoms with Crippen LogP contribution in [-0.4, -0.2) is 31.5 Å². The van der Waals surface area contributed by atoms with E-state index >= 15 is 0 Å². The van der Waals surface area contributed by atoms with Gasteiger partial charge in [0.15, 0.2) is 0 Å². The fourth-order valence-electron chi connectivity index (χ4n) is 4.07. The Hall–Kier alpha value is -2.44. The summed E-state index contributed by atoms with van der Waals surface area (Å²) >= 11 is 0. The second kappa shape index (κ2) is 6.70. The van der Waals surface area contributed by atoms with Crippen LogP contribution in [-0.2, 0) is 19.9 Å². The highest BCUT2D eigenvalue weighted by atomic mass is 16.2. The van der Waals surface area contributed by atoms with Gasteiger partial charge in [-0.2, -0.15) is 10.2 Å². The number of fused-ring (bicyclic) bond motifs is 1. The van der Waals surface area contributed by atoms with Gasteiger partial charge in [0.1, 0.15) is 5.69 Å². The zero-order chi connectivity index (χ0) is 18.3. The second-order valence-electron chi connectivity index (χ2n) is 7.53.